The molecule has 2 N–H and O–H groups in total. The van der Waals surface area contributed by atoms with Gasteiger partial charge in [-0.1, -0.05) is 91.7 Å². The quantitative estimate of drug-likeness (QED) is 0.143. The van der Waals surface area contributed by atoms with E-state index in [4.69, 9.17) is 14.8 Å². The van der Waals surface area contributed by atoms with Crippen molar-refractivity contribution in [2.24, 2.45) is 0 Å². The van der Waals surface area contributed by atoms with E-state index in [9.17, 15) is 4.79 Å². The van der Waals surface area contributed by atoms with Gasteiger partial charge in [-0.2, -0.15) is 4.98 Å². The average molecular weight is 568 g/mol. The number of carbonyl (C=O) groups excluding carboxylic acids is 1. The van der Waals surface area contributed by atoms with Gasteiger partial charge in [-0.25, -0.2) is 4.68 Å². The van der Waals surface area contributed by atoms with Crippen LogP contribution in [-0.4, -0.2) is 27.3 Å². The Morgan fingerprint density at radius 1 is 1.02 bits per heavy atom. The third-order valence-corrected chi connectivity index (χ3v) is 8.04. The first kappa shape index (κ1) is 28.5. The smallest absolute Gasteiger partial charge is 0.255 e. The van der Waals surface area contributed by atoms with Gasteiger partial charge in [0.25, 0.3) is 5.91 Å². The van der Waals surface area contributed by atoms with E-state index in [-0.39, 0.29) is 5.91 Å². The molecule has 0 saturated carbocycles. The molecule has 0 aliphatic carbocycles. The van der Waals surface area contributed by atoms with Crippen LogP contribution in [0.25, 0.3) is 0 Å². The number of hydrogen-bond acceptors (Lipinski definition) is 6. The highest BCUT2D eigenvalue weighted by molar-refractivity contribution is 7.98. The van der Waals surface area contributed by atoms with E-state index >= 15 is 0 Å². The summed E-state index contributed by atoms with van der Waals surface area (Å²) in [5.74, 6) is 2.02. The molecule has 2 heterocycles. The molecule has 1 amide bonds. The van der Waals surface area contributed by atoms with Crippen LogP contribution in [0.5, 0.6) is 5.75 Å². The number of nitrogens with one attached hydrogen (secondary N) is 2. The third-order valence-electron chi connectivity index (χ3n) is 7.13. The van der Waals surface area contributed by atoms with Gasteiger partial charge >= 0.3 is 0 Å². The lowest BCUT2D eigenvalue weighted by Crippen LogP contribution is -2.31. The fraction of sp³-hybridized carbons (Fsp3) is 0.303. The first-order chi connectivity index (χ1) is 19.9. The van der Waals surface area contributed by atoms with Crippen LogP contribution >= 0.6 is 11.8 Å². The number of allylic oxidation sites excluding steroid dienone is 1. The van der Waals surface area contributed by atoms with Crippen molar-refractivity contribution in [3.8, 4) is 5.75 Å². The van der Waals surface area contributed by atoms with Gasteiger partial charge in [-0.15, -0.1) is 5.10 Å². The zero-order valence-corrected chi connectivity index (χ0v) is 24.9. The van der Waals surface area contributed by atoms with Crippen LogP contribution in [0.15, 0.2) is 89.2 Å². The number of aromatic nitrogens is 3. The van der Waals surface area contributed by atoms with Crippen molar-refractivity contribution in [3.05, 3.63) is 106 Å². The molecule has 1 aliphatic rings. The van der Waals surface area contributed by atoms with Gasteiger partial charge in [0, 0.05) is 17.1 Å². The van der Waals surface area contributed by atoms with Crippen molar-refractivity contribution in [1.29, 1.82) is 0 Å². The average Bonchev–Trinajstić information content (AvgIpc) is 3.38. The predicted molar refractivity (Wildman–Crippen MR) is 166 cm³/mol. The largest absolute Gasteiger partial charge is 0.494 e. The van der Waals surface area contributed by atoms with Gasteiger partial charge in [0.05, 0.1) is 12.2 Å². The number of amides is 1. The minimum absolute atomic E-state index is 0.175. The molecule has 5 rings (SSSR count). The summed E-state index contributed by atoms with van der Waals surface area (Å²) in [6.45, 7) is 8.85. The van der Waals surface area contributed by atoms with Crippen LogP contribution in [0.1, 0.15) is 61.4 Å². The predicted octanol–water partition coefficient (Wildman–Crippen LogP) is 7.68. The maximum absolute atomic E-state index is 13.9. The van der Waals surface area contributed by atoms with Crippen LogP contribution in [0.4, 0.5) is 11.6 Å². The molecule has 41 heavy (non-hydrogen) atoms. The Labute approximate surface area is 246 Å². The second-order valence-corrected chi connectivity index (χ2v) is 11.3. The van der Waals surface area contributed by atoms with E-state index in [0.717, 1.165) is 58.8 Å². The molecule has 1 atom stereocenters. The molecule has 0 fully saturated rings. The molecule has 0 spiro atoms. The first-order valence-electron chi connectivity index (χ1n) is 14.2. The van der Waals surface area contributed by atoms with Gasteiger partial charge in [-0.05, 0) is 62.1 Å². The van der Waals surface area contributed by atoms with E-state index in [1.54, 1.807) is 11.8 Å². The number of thioether (sulfide) groups is 1. The number of anilines is 2. The maximum atomic E-state index is 13.9. The summed E-state index contributed by atoms with van der Waals surface area (Å²) in [7, 11) is 0. The number of benzene rings is 3. The zero-order valence-electron chi connectivity index (χ0n) is 24.1. The third kappa shape index (κ3) is 6.82. The van der Waals surface area contributed by atoms with Crippen molar-refractivity contribution in [1.82, 2.24) is 14.8 Å². The molecule has 1 unspecified atom stereocenters. The summed E-state index contributed by atoms with van der Waals surface area (Å²) < 4.78 is 7.78. The maximum Gasteiger partial charge on any atom is 0.255 e. The van der Waals surface area contributed by atoms with Gasteiger partial charge in [0.2, 0.25) is 11.1 Å². The lowest BCUT2D eigenvalue weighted by Gasteiger charge is -2.29. The highest BCUT2D eigenvalue weighted by Crippen LogP contribution is 2.37. The Morgan fingerprint density at radius 2 is 1.80 bits per heavy atom. The highest BCUT2D eigenvalue weighted by Gasteiger charge is 2.34. The van der Waals surface area contributed by atoms with E-state index < -0.39 is 6.04 Å². The summed E-state index contributed by atoms with van der Waals surface area (Å²) in [6.07, 6.45) is 3.33. The van der Waals surface area contributed by atoms with Crippen LogP contribution < -0.4 is 15.4 Å². The topological polar surface area (TPSA) is 81.1 Å². The fourth-order valence-corrected chi connectivity index (χ4v) is 5.73. The van der Waals surface area contributed by atoms with Gasteiger partial charge < -0.3 is 15.4 Å². The Morgan fingerprint density at radius 3 is 2.54 bits per heavy atom. The summed E-state index contributed by atoms with van der Waals surface area (Å²) in [6, 6.07) is 23.8. The number of nitrogens with zero attached hydrogens (tertiary/aromatic N) is 3. The fourth-order valence-electron chi connectivity index (χ4n) is 4.95. The van der Waals surface area contributed by atoms with Crippen LogP contribution in [0, 0.1) is 13.8 Å². The minimum atomic E-state index is -0.454. The molecule has 0 radical (unpaired) electrons. The molecule has 212 valence electrons. The van der Waals surface area contributed by atoms with Crippen molar-refractivity contribution in [3.63, 3.8) is 0 Å². The molecule has 1 aliphatic heterocycles. The van der Waals surface area contributed by atoms with Crippen LogP contribution in [-0.2, 0) is 10.5 Å². The number of rotatable bonds is 11. The van der Waals surface area contributed by atoms with Crippen molar-refractivity contribution >= 4 is 29.3 Å². The molecule has 0 bridgehead atoms. The molecule has 7 nitrogen and oxygen atoms in total. The first-order valence-corrected chi connectivity index (χ1v) is 15.1. The minimum Gasteiger partial charge on any atom is -0.494 e. The number of carbonyl (C=O) groups is 1. The SMILES string of the molecule is CCCCCOc1ccc(C2C(C(=O)Nc3ccc(C)cc3C)=C(C)Nc3nc(SCc4ccccc4)nn32)cc1. The van der Waals surface area contributed by atoms with E-state index in [1.807, 2.05) is 80.1 Å². The highest BCUT2D eigenvalue weighted by atomic mass is 32.2. The van der Waals surface area contributed by atoms with Crippen LogP contribution in [0.3, 0.4) is 0 Å². The summed E-state index contributed by atoms with van der Waals surface area (Å²) in [4.78, 5) is 18.7. The Balaban J connectivity index is 1.45. The lowest BCUT2D eigenvalue weighted by atomic mass is 9.94. The standard InChI is InChI=1S/C33H37N5O2S/c1-5-6-10-19-40-27-16-14-26(15-17-27)30-29(31(39)35-28-18-13-22(2)20-23(28)3)24(4)34-32-36-33(37-38(30)32)41-21-25-11-8-7-9-12-25/h7-9,11-18,20,30H,5-6,10,19,21H2,1-4H3,(H,35,39)(H,34,36,37). The number of fused-ring (bicyclic) bond motifs is 1. The molecule has 1 aromatic heterocycles. The number of ether oxygens (including phenoxy) is 1. The normalized spacial score (nSPS) is 14.4. The van der Waals surface area contributed by atoms with Gasteiger partial charge in [0.1, 0.15) is 11.8 Å². The van der Waals surface area contributed by atoms with Gasteiger partial charge in [0.15, 0.2) is 0 Å². The summed E-state index contributed by atoms with van der Waals surface area (Å²) in [5.41, 5.74) is 6.44. The Kier molecular flexibility index (Phi) is 9.09. The molecule has 0 saturated heterocycles. The summed E-state index contributed by atoms with van der Waals surface area (Å²) >= 11 is 1.57. The van der Waals surface area contributed by atoms with E-state index in [1.165, 1.54) is 5.56 Å². The van der Waals surface area contributed by atoms with Crippen LogP contribution in [0.2, 0.25) is 0 Å². The number of aryl methyl sites for hydroxylation is 2. The molecule has 4 aromatic rings. The lowest BCUT2D eigenvalue weighted by molar-refractivity contribution is -0.113. The second kappa shape index (κ2) is 13.1. The second-order valence-electron chi connectivity index (χ2n) is 10.4. The molecular weight excluding hydrogens is 530 g/mol. The number of hydrogen-bond donors (Lipinski definition) is 2. The van der Waals surface area contributed by atoms with Crippen molar-refractivity contribution in [2.75, 3.05) is 17.2 Å². The summed E-state index contributed by atoms with van der Waals surface area (Å²) in [5, 5.41) is 12.0. The Hall–Kier alpha value is -4.04. The zero-order chi connectivity index (χ0) is 28.8. The monoisotopic (exact) mass is 567 g/mol. The van der Waals surface area contributed by atoms with Crippen molar-refractivity contribution in [2.45, 2.75) is 63.9 Å². The van der Waals surface area contributed by atoms with Crippen molar-refractivity contribution < 1.29 is 9.53 Å². The number of unbranched alkanes of at least 4 members (excludes halogenated alkanes) is 2. The molecule has 8 heteroatoms. The van der Waals surface area contributed by atoms with E-state index in [2.05, 4.69) is 35.8 Å². The Bertz CT molecular complexity index is 1530. The molecular formula is C33H37N5O2S. The molecule has 3 aromatic carbocycles. The van der Waals surface area contributed by atoms with E-state index in [0.29, 0.717) is 23.3 Å². The van der Waals surface area contributed by atoms with Gasteiger partial charge in [-0.3, -0.25) is 4.79 Å².